The number of H-pyrrole nitrogens is 1. The summed E-state index contributed by atoms with van der Waals surface area (Å²) < 4.78 is 0.706. The van der Waals surface area contributed by atoms with Crippen LogP contribution < -0.4 is 11.1 Å². The van der Waals surface area contributed by atoms with E-state index >= 15 is 0 Å². The zero-order valence-electron chi connectivity index (χ0n) is 9.64. The molecule has 0 aliphatic carbocycles. The molecule has 0 saturated heterocycles. The minimum Gasteiger partial charge on any atom is -0.383 e. The summed E-state index contributed by atoms with van der Waals surface area (Å²) in [6, 6.07) is 1.48. The monoisotopic (exact) mass is 309 g/mol. The molecule has 1 unspecified atom stereocenters. The number of aromatic nitrogens is 3. The molecule has 0 spiro atoms. The van der Waals surface area contributed by atoms with Crippen molar-refractivity contribution in [2.24, 2.45) is 0 Å². The topological polar surface area (TPSA) is 96.7 Å². The van der Waals surface area contributed by atoms with Gasteiger partial charge in [0, 0.05) is 22.4 Å². The summed E-state index contributed by atoms with van der Waals surface area (Å²) in [5, 5.41) is 9.36. The van der Waals surface area contributed by atoms with Crippen molar-refractivity contribution in [2.75, 3.05) is 5.73 Å². The normalized spacial score (nSPS) is 12.1. The molecule has 0 bridgehead atoms. The number of aromatic amines is 1. The van der Waals surface area contributed by atoms with Crippen molar-refractivity contribution in [3.8, 4) is 0 Å². The number of carbonyl (C=O) groups is 1. The second-order valence-corrected chi connectivity index (χ2v) is 4.73. The number of nitrogens with zero attached hydrogens (tertiary/aromatic N) is 2. The number of hydrogen-bond acceptors (Lipinski definition) is 4. The van der Waals surface area contributed by atoms with E-state index in [0.717, 1.165) is 5.56 Å². The number of anilines is 1. The molecule has 18 heavy (non-hydrogen) atoms. The van der Waals surface area contributed by atoms with Gasteiger partial charge >= 0.3 is 0 Å². The average Bonchev–Trinajstić information content (AvgIpc) is 2.85. The molecule has 0 fully saturated rings. The van der Waals surface area contributed by atoms with Crippen LogP contribution in [0.15, 0.2) is 29.1 Å². The highest BCUT2D eigenvalue weighted by Gasteiger charge is 2.15. The van der Waals surface area contributed by atoms with Crippen molar-refractivity contribution in [1.29, 1.82) is 0 Å². The molecule has 2 aromatic heterocycles. The predicted octanol–water partition coefficient (Wildman–Crippen LogP) is 1.64. The Balaban J connectivity index is 2.15. The number of nitrogens with one attached hydrogen (secondary N) is 2. The SMILES string of the molecule is CC(NC(=O)c1cc(Br)cnc1N)c1cn[nH]c1. The van der Waals surface area contributed by atoms with Crippen molar-refractivity contribution >= 4 is 27.7 Å². The van der Waals surface area contributed by atoms with Crippen molar-refractivity contribution in [1.82, 2.24) is 20.5 Å². The largest absolute Gasteiger partial charge is 0.383 e. The van der Waals surface area contributed by atoms with Gasteiger partial charge in [0.2, 0.25) is 0 Å². The number of nitrogen functional groups attached to an aromatic ring is 1. The molecule has 2 heterocycles. The molecule has 0 saturated carbocycles. The molecular formula is C11H12BrN5O. The van der Waals surface area contributed by atoms with E-state index in [2.05, 4.69) is 36.4 Å². The van der Waals surface area contributed by atoms with Gasteiger partial charge in [-0.05, 0) is 28.9 Å². The summed E-state index contributed by atoms with van der Waals surface area (Å²) in [6.07, 6.45) is 4.94. The summed E-state index contributed by atoms with van der Waals surface area (Å²) >= 11 is 3.26. The van der Waals surface area contributed by atoms with Crippen molar-refractivity contribution in [3.05, 3.63) is 40.3 Å². The van der Waals surface area contributed by atoms with Crippen LogP contribution in [0.1, 0.15) is 28.9 Å². The lowest BCUT2D eigenvalue weighted by atomic mass is 10.1. The summed E-state index contributed by atoms with van der Waals surface area (Å²) in [5.74, 6) is -0.0647. The van der Waals surface area contributed by atoms with Gasteiger partial charge in [-0.25, -0.2) is 4.98 Å². The summed E-state index contributed by atoms with van der Waals surface area (Å²) in [7, 11) is 0. The van der Waals surface area contributed by atoms with Crippen molar-refractivity contribution in [3.63, 3.8) is 0 Å². The molecule has 2 rings (SSSR count). The van der Waals surface area contributed by atoms with E-state index < -0.39 is 0 Å². The molecule has 94 valence electrons. The van der Waals surface area contributed by atoms with Crippen LogP contribution in [-0.4, -0.2) is 21.1 Å². The number of rotatable bonds is 3. The van der Waals surface area contributed by atoms with Crippen LogP contribution in [0, 0.1) is 0 Å². The third kappa shape index (κ3) is 2.67. The Hall–Kier alpha value is -1.89. The maximum atomic E-state index is 12.0. The van der Waals surface area contributed by atoms with Crippen LogP contribution in [0.4, 0.5) is 5.82 Å². The van der Waals surface area contributed by atoms with Gasteiger partial charge in [0.1, 0.15) is 5.82 Å². The Kier molecular flexibility index (Phi) is 3.61. The third-order valence-corrected chi connectivity index (χ3v) is 2.93. The van der Waals surface area contributed by atoms with Crippen LogP contribution in [0.25, 0.3) is 0 Å². The summed E-state index contributed by atoms with van der Waals surface area (Å²) in [6.45, 7) is 1.87. The van der Waals surface area contributed by atoms with Gasteiger partial charge < -0.3 is 11.1 Å². The van der Waals surface area contributed by atoms with E-state index in [-0.39, 0.29) is 17.8 Å². The van der Waals surface area contributed by atoms with E-state index in [0.29, 0.717) is 10.0 Å². The van der Waals surface area contributed by atoms with E-state index in [9.17, 15) is 4.79 Å². The lowest BCUT2D eigenvalue weighted by Crippen LogP contribution is -2.27. The Bertz CT molecular complexity index is 555. The minimum absolute atomic E-state index is 0.158. The zero-order chi connectivity index (χ0) is 13.1. The Morgan fingerprint density at radius 3 is 3.00 bits per heavy atom. The maximum absolute atomic E-state index is 12.0. The number of hydrogen-bond donors (Lipinski definition) is 3. The van der Waals surface area contributed by atoms with Gasteiger partial charge in [0.15, 0.2) is 0 Å². The third-order valence-electron chi connectivity index (χ3n) is 2.50. The number of amides is 1. The minimum atomic E-state index is -0.269. The first-order chi connectivity index (χ1) is 8.58. The predicted molar refractivity (Wildman–Crippen MR) is 70.8 cm³/mol. The van der Waals surface area contributed by atoms with Crippen LogP contribution in [0.2, 0.25) is 0 Å². The summed E-state index contributed by atoms with van der Waals surface area (Å²) in [5.41, 5.74) is 6.91. The first-order valence-corrected chi connectivity index (χ1v) is 6.08. The number of pyridine rings is 1. The first kappa shape index (κ1) is 12.6. The summed E-state index contributed by atoms with van der Waals surface area (Å²) in [4.78, 5) is 16.0. The van der Waals surface area contributed by atoms with Gasteiger partial charge in [-0.2, -0.15) is 5.10 Å². The van der Waals surface area contributed by atoms with E-state index in [1.807, 2.05) is 6.92 Å². The quantitative estimate of drug-likeness (QED) is 0.803. The molecule has 7 heteroatoms. The molecule has 0 radical (unpaired) electrons. The fourth-order valence-corrected chi connectivity index (χ4v) is 1.82. The molecule has 2 aromatic rings. The van der Waals surface area contributed by atoms with Crippen LogP contribution in [-0.2, 0) is 0 Å². The number of carbonyl (C=O) groups excluding carboxylic acids is 1. The van der Waals surface area contributed by atoms with E-state index in [1.54, 1.807) is 24.7 Å². The molecule has 0 aromatic carbocycles. The Labute approximate surface area is 112 Å². The lowest BCUT2D eigenvalue weighted by Gasteiger charge is -2.12. The highest BCUT2D eigenvalue weighted by atomic mass is 79.9. The maximum Gasteiger partial charge on any atom is 0.255 e. The fraction of sp³-hybridized carbons (Fsp3) is 0.182. The fourth-order valence-electron chi connectivity index (χ4n) is 1.49. The first-order valence-electron chi connectivity index (χ1n) is 5.28. The molecule has 4 N–H and O–H groups in total. The van der Waals surface area contributed by atoms with Gasteiger partial charge in [-0.1, -0.05) is 0 Å². The van der Waals surface area contributed by atoms with E-state index in [4.69, 9.17) is 5.73 Å². The molecule has 0 aliphatic heterocycles. The zero-order valence-corrected chi connectivity index (χ0v) is 11.2. The molecule has 6 nitrogen and oxygen atoms in total. The highest BCUT2D eigenvalue weighted by molar-refractivity contribution is 9.10. The van der Waals surface area contributed by atoms with Crippen LogP contribution >= 0.6 is 15.9 Å². The van der Waals surface area contributed by atoms with Gasteiger partial charge in [0.25, 0.3) is 5.91 Å². The number of halogens is 1. The van der Waals surface area contributed by atoms with Crippen LogP contribution in [0.3, 0.4) is 0 Å². The van der Waals surface area contributed by atoms with Crippen molar-refractivity contribution in [2.45, 2.75) is 13.0 Å². The Morgan fingerprint density at radius 2 is 2.33 bits per heavy atom. The molecule has 1 amide bonds. The van der Waals surface area contributed by atoms with Gasteiger partial charge in [-0.15, -0.1) is 0 Å². The average molecular weight is 310 g/mol. The second kappa shape index (κ2) is 5.18. The van der Waals surface area contributed by atoms with Crippen molar-refractivity contribution < 1.29 is 4.79 Å². The van der Waals surface area contributed by atoms with Gasteiger partial charge in [-0.3, -0.25) is 9.89 Å². The Morgan fingerprint density at radius 1 is 1.56 bits per heavy atom. The van der Waals surface area contributed by atoms with Crippen LogP contribution in [0.5, 0.6) is 0 Å². The number of nitrogens with two attached hydrogens (primary N) is 1. The second-order valence-electron chi connectivity index (χ2n) is 3.81. The standard InChI is InChI=1S/C11H12BrN5O/c1-6(7-3-15-16-4-7)17-11(18)9-2-8(12)5-14-10(9)13/h2-6H,1H3,(H2,13,14)(H,15,16)(H,17,18). The highest BCUT2D eigenvalue weighted by Crippen LogP contribution is 2.17. The van der Waals surface area contributed by atoms with E-state index in [1.165, 1.54) is 0 Å². The lowest BCUT2D eigenvalue weighted by molar-refractivity contribution is 0.0940. The smallest absolute Gasteiger partial charge is 0.255 e. The van der Waals surface area contributed by atoms with Gasteiger partial charge in [0.05, 0.1) is 17.8 Å². The molecule has 1 atom stereocenters. The molecule has 0 aliphatic rings. The molecular weight excluding hydrogens is 298 g/mol.